The Labute approximate surface area is 201 Å². The number of carbonyl (C=O) groups is 1. The van der Waals surface area contributed by atoms with E-state index in [0.717, 1.165) is 42.4 Å². The van der Waals surface area contributed by atoms with Gasteiger partial charge in [-0.2, -0.15) is 4.98 Å². The van der Waals surface area contributed by atoms with Gasteiger partial charge in [-0.15, -0.1) is 13.2 Å². The van der Waals surface area contributed by atoms with E-state index in [-0.39, 0.29) is 30.2 Å². The predicted molar refractivity (Wildman–Crippen MR) is 129 cm³/mol. The molecule has 7 nitrogen and oxygen atoms in total. The van der Waals surface area contributed by atoms with E-state index in [1.54, 1.807) is 0 Å². The molecule has 3 aromatic rings. The monoisotopic (exact) mass is 487 g/mol. The number of ether oxygens (including phenoxy) is 1. The van der Waals surface area contributed by atoms with E-state index >= 15 is 0 Å². The maximum atomic E-state index is 12.4. The van der Waals surface area contributed by atoms with Crippen molar-refractivity contribution in [3.05, 3.63) is 54.1 Å². The molecule has 1 amide bonds. The number of nitrogens with zero attached hydrogens (tertiary/aromatic N) is 3. The molecule has 1 aliphatic rings. The molecule has 10 heteroatoms. The van der Waals surface area contributed by atoms with Gasteiger partial charge >= 0.3 is 6.36 Å². The predicted octanol–water partition coefficient (Wildman–Crippen LogP) is 4.68. The van der Waals surface area contributed by atoms with Crippen molar-refractivity contribution in [1.82, 2.24) is 15.3 Å². The maximum Gasteiger partial charge on any atom is 0.573 e. The molecule has 2 aromatic carbocycles. The number of nitrogens with one attached hydrogen (secondary N) is 2. The van der Waals surface area contributed by atoms with Crippen LogP contribution < -0.4 is 20.3 Å². The van der Waals surface area contributed by atoms with Crippen LogP contribution in [0.5, 0.6) is 5.75 Å². The molecule has 0 unspecified atom stereocenters. The zero-order chi connectivity index (χ0) is 25.0. The Morgan fingerprint density at radius 2 is 1.66 bits per heavy atom. The number of rotatable bonds is 7. The van der Waals surface area contributed by atoms with Crippen LogP contribution in [0.3, 0.4) is 0 Å². The molecular formula is C25H28F3N5O2. The molecule has 4 rings (SSSR count). The van der Waals surface area contributed by atoms with Gasteiger partial charge < -0.3 is 20.3 Å². The van der Waals surface area contributed by atoms with Crippen molar-refractivity contribution in [1.29, 1.82) is 0 Å². The highest BCUT2D eigenvalue weighted by molar-refractivity contribution is 5.90. The Bertz CT molecular complexity index is 1160. The average Bonchev–Trinajstić information content (AvgIpc) is 2.80. The Hall–Kier alpha value is -3.56. The van der Waals surface area contributed by atoms with Crippen LogP contribution in [0, 0.1) is 0 Å². The minimum atomic E-state index is -4.73. The third-order valence-electron chi connectivity index (χ3n) is 5.95. The number of para-hydroxylation sites is 1. The van der Waals surface area contributed by atoms with E-state index in [4.69, 9.17) is 4.98 Å². The van der Waals surface area contributed by atoms with Crippen LogP contribution in [-0.4, -0.2) is 48.4 Å². The van der Waals surface area contributed by atoms with Crippen LogP contribution in [0.25, 0.3) is 10.9 Å². The summed E-state index contributed by atoms with van der Waals surface area (Å²) in [6, 6.07) is 13.5. The third kappa shape index (κ3) is 6.74. The summed E-state index contributed by atoms with van der Waals surface area (Å²) in [5.41, 5.74) is 1.50. The van der Waals surface area contributed by atoms with E-state index in [1.165, 1.54) is 24.3 Å². The van der Waals surface area contributed by atoms with E-state index in [2.05, 4.69) is 20.4 Å². The van der Waals surface area contributed by atoms with E-state index < -0.39 is 6.36 Å². The number of anilines is 2. The molecule has 2 N–H and O–H groups in total. The third-order valence-corrected chi connectivity index (χ3v) is 5.95. The first kappa shape index (κ1) is 24.6. The zero-order valence-electron chi connectivity index (χ0n) is 19.6. The molecule has 0 radical (unpaired) electrons. The summed E-state index contributed by atoms with van der Waals surface area (Å²) in [6.45, 7) is 0. The molecule has 0 aliphatic heterocycles. The number of carbonyl (C=O) groups excluding carboxylic acids is 1. The van der Waals surface area contributed by atoms with E-state index in [0.29, 0.717) is 11.5 Å². The number of hydrogen-bond acceptors (Lipinski definition) is 6. The molecule has 186 valence electrons. The van der Waals surface area contributed by atoms with Gasteiger partial charge in [-0.05, 0) is 55.5 Å². The molecule has 1 heterocycles. The number of amides is 1. The van der Waals surface area contributed by atoms with Crippen molar-refractivity contribution in [2.75, 3.05) is 24.3 Å². The maximum absolute atomic E-state index is 12.4. The molecule has 35 heavy (non-hydrogen) atoms. The number of hydrogen-bond donors (Lipinski definition) is 2. The van der Waals surface area contributed by atoms with Crippen molar-refractivity contribution >= 4 is 28.6 Å². The standard InChI is InChI=1S/C25H28F3N5O2/c1-33(2)23-20-5-3-4-6-21(20)31-24(32-23)30-18-11-9-17(10-12-18)29-22(34)15-16-7-13-19(14-8-16)35-25(26,27)28/h3-8,13-14,17-18H,9-12,15H2,1-2H3,(H,29,34)(H,30,31,32). The minimum absolute atomic E-state index is 0.0586. The quantitative estimate of drug-likeness (QED) is 0.504. The van der Waals surface area contributed by atoms with Crippen molar-refractivity contribution in [3.63, 3.8) is 0 Å². The summed E-state index contributed by atoms with van der Waals surface area (Å²) in [7, 11) is 3.91. The minimum Gasteiger partial charge on any atom is -0.406 e. The number of benzene rings is 2. The van der Waals surface area contributed by atoms with Gasteiger partial charge in [0.25, 0.3) is 0 Å². The first-order valence-corrected chi connectivity index (χ1v) is 11.5. The fraction of sp³-hybridized carbons (Fsp3) is 0.400. The van der Waals surface area contributed by atoms with E-state index in [9.17, 15) is 18.0 Å². The lowest BCUT2D eigenvalue weighted by Crippen LogP contribution is -2.40. The zero-order valence-corrected chi connectivity index (χ0v) is 19.6. The van der Waals surface area contributed by atoms with Gasteiger partial charge in [-0.1, -0.05) is 24.3 Å². The lowest BCUT2D eigenvalue weighted by molar-refractivity contribution is -0.274. The van der Waals surface area contributed by atoms with Crippen LogP contribution in [0.15, 0.2) is 48.5 Å². The smallest absolute Gasteiger partial charge is 0.406 e. The number of halogens is 3. The van der Waals surface area contributed by atoms with Gasteiger partial charge in [-0.25, -0.2) is 4.98 Å². The van der Waals surface area contributed by atoms with Crippen molar-refractivity contribution in [2.24, 2.45) is 0 Å². The van der Waals surface area contributed by atoms with Crippen molar-refractivity contribution in [2.45, 2.75) is 50.6 Å². The molecular weight excluding hydrogens is 459 g/mol. The Balaban J connectivity index is 1.27. The van der Waals surface area contributed by atoms with Gasteiger partial charge in [0.2, 0.25) is 11.9 Å². The summed E-state index contributed by atoms with van der Waals surface area (Å²) in [6.07, 6.45) is -1.28. The summed E-state index contributed by atoms with van der Waals surface area (Å²) in [5, 5.41) is 7.48. The Morgan fingerprint density at radius 1 is 1.00 bits per heavy atom. The molecule has 0 spiro atoms. The highest BCUT2D eigenvalue weighted by Gasteiger charge is 2.31. The summed E-state index contributed by atoms with van der Waals surface area (Å²) < 4.78 is 40.7. The van der Waals surface area contributed by atoms with Gasteiger partial charge in [0.1, 0.15) is 11.6 Å². The summed E-state index contributed by atoms with van der Waals surface area (Å²) in [5.74, 6) is 0.995. The summed E-state index contributed by atoms with van der Waals surface area (Å²) >= 11 is 0. The van der Waals surface area contributed by atoms with Crippen LogP contribution in [-0.2, 0) is 11.2 Å². The second-order valence-electron chi connectivity index (χ2n) is 8.91. The molecule has 1 fully saturated rings. The van der Waals surface area contributed by atoms with Crippen LogP contribution in [0.2, 0.25) is 0 Å². The van der Waals surface area contributed by atoms with E-state index in [1.807, 2.05) is 43.3 Å². The normalized spacial score (nSPS) is 18.2. The molecule has 0 atom stereocenters. The van der Waals surface area contributed by atoms with Crippen LogP contribution in [0.1, 0.15) is 31.2 Å². The van der Waals surface area contributed by atoms with Gasteiger partial charge in [0.05, 0.1) is 11.9 Å². The van der Waals surface area contributed by atoms with Crippen LogP contribution >= 0.6 is 0 Å². The highest BCUT2D eigenvalue weighted by Crippen LogP contribution is 2.27. The first-order chi connectivity index (χ1) is 16.7. The molecule has 1 aromatic heterocycles. The lowest BCUT2D eigenvalue weighted by atomic mass is 9.91. The van der Waals surface area contributed by atoms with Gasteiger partial charge in [0.15, 0.2) is 0 Å². The molecule has 1 saturated carbocycles. The number of fused-ring (bicyclic) bond motifs is 1. The number of alkyl halides is 3. The SMILES string of the molecule is CN(C)c1nc(NC2CCC(NC(=O)Cc3ccc(OC(F)(F)F)cc3)CC2)nc2ccccc12. The first-order valence-electron chi connectivity index (χ1n) is 11.5. The second-order valence-corrected chi connectivity index (χ2v) is 8.91. The molecule has 0 bridgehead atoms. The molecule has 0 saturated heterocycles. The Kier molecular flexibility index (Phi) is 7.28. The fourth-order valence-corrected chi connectivity index (χ4v) is 4.30. The lowest BCUT2D eigenvalue weighted by Gasteiger charge is -2.30. The topological polar surface area (TPSA) is 79.4 Å². The van der Waals surface area contributed by atoms with Gasteiger partial charge in [-0.3, -0.25) is 4.79 Å². The highest BCUT2D eigenvalue weighted by atomic mass is 19.4. The second kappa shape index (κ2) is 10.4. The molecule has 1 aliphatic carbocycles. The number of aromatic nitrogens is 2. The average molecular weight is 488 g/mol. The van der Waals surface area contributed by atoms with Crippen molar-refractivity contribution < 1.29 is 22.7 Å². The van der Waals surface area contributed by atoms with Crippen molar-refractivity contribution in [3.8, 4) is 5.75 Å². The Morgan fingerprint density at radius 3 is 2.31 bits per heavy atom. The fourth-order valence-electron chi connectivity index (χ4n) is 4.30. The van der Waals surface area contributed by atoms with Gasteiger partial charge in [0, 0.05) is 31.6 Å². The summed E-state index contributed by atoms with van der Waals surface area (Å²) in [4.78, 5) is 23.8. The largest absolute Gasteiger partial charge is 0.573 e. The van der Waals surface area contributed by atoms with Crippen LogP contribution in [0.4, 0.5) is 24.9 Å².